The molecule has 22 heavy (non-hydrogen) atoms. The van der Waals surface area contributed by atoms with Crippen molar-refractivity contribution in [1.29, 1.82) is 0 Å². The summed E-state index contributed by atoms with van der Waals surface area (Å²) in [6.45, 7) is 3.02. The highest BCUT2D eigenvalue weighted by Crippen LogP contribution is 2.44. The van der Waals surface area contributed by atoms with Gasteiger partial charge in [-0.3, -0.25) is 4.79 Å². The van der Waals surface area contributed by atoms with Crippen LogP contribution in [0.4, 0.5) is 0 Å². The van der Waals surface area contributed by atoms with E-state index in [1.807, 2.05) is 11.8 Å². The SMILES string of the molecule is COCC(N)C(=O)NCC1(Sc2ccc(C)cc2)CCCC1. The summed E-state index contributed by atoms with van der Waals surface area (Å²) in [6.07, 6.45) is 4.70. The lowest BCUT2D eigenvalue weighted by Crippen LogP contribution is -2.47. The zero-order chi connectivity index (χ0) is 16.0. The molecule has 1 aliphatic rings. The van der Waals surface area contributed by atoms with Crippen molar-refractivity contribution in [3.05, 3.63) is 29.8 Å². The number of amides is 1. The first-order chi connectivity index (χ1) is 10.5. The molecule has 0 spiro atoms. The molecule has 3 N–H and O–H groups in total. The first-order valence-electron chi connectivity index (χ1n) is 7.83. The normalized spacial score (nSPS) is 18.1. The molecule has 4 nitrogen and oxygen atoms in total. The number of hydrogen-bond donors (Lipinski definition) is 2. The van der Waals surface area contributed by atoms with Gasteiger partial charge >= 0.3 is 0 Å². The van der Waals surface area contributed by atoms with Gasteiger partial charge in [0, 0.05) is 23.3 Å². The number of thioether (sulfide) groups is 1. The molecule has 1 aromatic rings. The van der Waals surface area contributed by atoms with Gasteiger partial charge in [-0.15, -0.1) is 11.8 Å². The summed E-state index contributed by atoms with van der Waals surface area (Å²) in [6, 6.07) is 8.01. The van der Waals surface area contributed by atoms with Crippen molar-refractivity contribution in [2.75, 3.05) is 20.3 Å². The Morgan fingerprint density at radius 2 is 2.00 bits per heavy atom. The van der Waals surface area contributed by atoms with Crippen LogP contribution >= 0.6 is 11.8 Å². The molecule has 0 bridgehead atoms. The molecule has 2 rings (SSSR count). The minimum absolute atomic E-state index is 0.0950. The number of rotatable bonds is 7. The average Bonchev–Trinajstić information content (AvgIpc) is 2.96. The summed E-state index contributed by atoms with van der Waals surface area (Å²) in [5.74, 6) is -0.127. The summed E-state index contributed by atoms with van der Waals surface area (Å²) >= 11 is 1.89. The Hall–Kier alpha value is -1.04. The molecule has 1 amide bonds. The highest BCUT2D eigenvalue weighted by atomic mass is 32.2. The molecule has 1 unspecified atom stereocenters. The average molecular weight is 322 g/mol. The number of ether oxygens (including phenoxy) is 1. The van der Waals surface area contributed by atoms with E-state index >= 15 is 0 Å². The van der Waals surface area contributed by atoms with E-state index in [2.05, 4.69) is 36.5 Å². The Bertz CT molecular complexity index is 484. The van der Waals surface area contributed by atoms with Gasteiger partial charge in [0.1, 0.15) is 6.04 Å². The van der Waals surface area contributed by atoms with Gasteiger partial charge in [-0.05, 0) is 31.9 Å². The van der Waals surface area contributed by atoms with E-state index in [0.717, 1.165) is 12.8 Å². The Kier molecular flexibility index (Phi) is 6.29. The van der Waals surface area contributed by atoms with Gasteiger partial charge in [0.2, 0.25) is 5.91 Å². The van der Waals surface area contributed by atoms with E-state index in [-0.39, 0.29) is 17.3 Å². The minimum atomic E-state index is -0.590. The first-order valence-corrected chi connectivity index (χ1v) is 8.64. The quantitative estimate of drug-likeness (QED) is 0.809. The van der Waals surface area contributed by atoms with Crippen molar-refractivity contribution in [3.8, 4) is 0 Å². The van der Waals surface area contributed by atoms with Crippen molar-refractivity contribution < 1.29 is 9.53 Å². The molecular formula is C17H26N2O2S. The zero-order valence-electron chi connectivity index (χ0n) is 13.4. The van der Waals surface area contributed by atoms with E-state index in [0.29, 0.717) is 6.54 Å². The molecule has 1 atom stereocenters. The van der Waals surface area contributed by atoms with Gasteiger partial charge in [-0.1, -0.05) is 30.5 Å². The van der Waals surface area contributed by atoms with E-state index < -0.39 is 6.04 Å². The number of nitrogens with two attached hydrogens (primary N) is 1. The number of aryl methyl sites for hydroxylation is 1. The van der Waals surface area contributed by atoms with Crippen molar-refractivity contribution >= 4 is 17.7 Å². The number of methoxy groups -OCH3 is 1. The predicted octanol–water partition coefficient (Wildman–Crippen LogP) is 2.49. The molecule has 0 radical (unpaired) electrons. The van der Waals surface area contributed by atoms with Gasteiger partial charge in [0.05, 0.1) is 6.61 Å². The molecule has 0 heterocycles. The number of nitrogens with one attached hydrogen (secondary N) is 1. The number of carbonyl (C=O) groups excluding carboxylic acids is 1. The molecule has 1 aromatic carbocycles. The van der Waals surface area contributed by atoms with Crippen molar-refractivity contribution in [1.82, 2.24) is 5.32 Å². The van der Waals surface area contributed by atoms with Crippen LogP contribution < -0.4 is 11.1 Å². The van der Waals surface area contributed by atoms with Gasteiger partial charge in [0.15, 0.2) is 0 Å². The molecule has 0 saturated heterocycles. The van der Waals surface area contributed by atoms with E-state index in [1.165, 1.54) is 23.3 Å². The summed E-state index contributed by atoms with van der Waals surface area (Å²) in [4.78, 5) is 13.3. The zero-order valence-corrected chi connectivity index (χ0v) is 14.2. The Morgan fingerprint density at radius 1 is 1.36 bits per heavy atom. The van der Waals surface area contributed by atoms with Gasteiger partial charge in [-0.2, -0.15) is 0 Å². The maximum atomic E-state index is 12.0. The highest BCUT2D eigenvalue weighted by molar-refractivity contribution is 8.00. The van der Waals surface area contributed by atoms with Crippen LogP contribution in [-0.4, -0.2) is 37.0 Å². The van der Waals surface area contributed by atoms with Crippen molar-refractivity contribution in [2.24, 2.45) is 5.73 Å². The van der Waals surface area contributed by atoms with Crippen LogP contribution in [0, 0.1) is 6.92 Å². The van der Waals surface area contributed by atoms with Crippen LogP contribution in [-0.2, 0) is 9.53 Å². The van der Waals surface area contributed by atoms with Crippen LogP contribution in [0.15, 0.2) is 29.2 Å². The fourth-order valence-electron chi connectivity index (χ4n) is 2.83. The summed E-state index contributed by atoms with van der Waals surface area (Å²) in [5.41, 5.74) is 7.05. The maximum Gasteiger partial charge on any atom is 0.239 e. The predicted molar refractivity (Wildman–Crippen MR) is 91.1 cm³/mol. The number of hydrogen-bond acceptors (Lipinski definition) is 4. The molecule has 0 aromatic heterocycles. The molecule has 0 aliphatic heterocycles. The van der Waals surface area contributed by atoms with E-state index in [4.69, 9.17) is 10.5 Å². The second-order valence-electron chi connectivity index (χ2n) is 6.08. The van der Waals surface area contributed by atoms with E-state index in [1.54, 1.807) is 7.11 Å². The fraction of sp³-hybridized carbons (Fsp3) is 0.588. The summed E-state index contributed by atoms with van der Waals surface area (Å²) in [5, 5.41) is 3.02. The molecule has 5 heteroatoms. The summed E-state index contributed by atoms with van der Waals surface area (Å²) in [7, 11) is 1.55. The fourth-order valence-corrected chi connectivity index (χ4v) is 4.23. The standard InChI is InChI=1S/C17H26N2O2S/c1-13-5-7-14(8-6-13)22-17(9-3-4-10-17)12-19-16(20)15(18)11-21-2/h5-8,15H,3-4,9-12,18H2,1-2H3,(H,19,20). The minimum Gasteiger partial charge on any atom is -0.383 e. The number of carbonyl (C=O) groups is 1. The highest BCUT2D eigenvalue weighted by Gasteiger charge is 2.35. The van der Waals surface area contributed by atoms with Crippen LogP contribution in [0.5, 0.6) is 0 Å². The van der Waals surface area contributed by atoms with Crippen molar-refractivity contribution in [2.45, 2.75) is 48.3 Å². The van der Waals surface area contributed by atoms with Gasteiger partial charge in [0.25, 0.3) is 0 Å². The number of benzene rings is 1. The van der Waals surface area contributed by atoms with Crippen LogP contribution in [0.3, 0.4) is 0 Å². The lowest BCUT2D eigenvalue weighted by Gasteiger charge is -2.29. The Morgan fingerprint density at radius 3 is 2.59 bits per heavy atom. The smallest absolute Gasteiger partial charge is 0.239 e. The molecule has 1 saturated carbocycles. The molecular weight excluding hydrogens is 296 g/mol. The van der Waals surface area contributed by atoms with Crippen molar-refractivity contribution in [3.63, 3.8) is 0 Å². The Balaban J connectivity index is 1.96. The third kappa shape index (κ3) is 4.73. The monoisotopic (exact) mass is 322 g/mol. The summed E-state index contributed by atoms with van der Waals surface area (Å²) < 4.78 is 5.03. The lowest BCUT2D eigenvalue weighted by molar-refractivity contribution is -0.123. The van der Waals surface area contributed by atoms with Crippen LogP contribution in [0.1, 0.15) is 31.2 Å². The molecule has 1 aliphatic carbocycles. The molecule has 122 valence electrons. The third-order valence-electron chi connectivity index (χ3n) is 4.14. The van der Waals surface area contributed by atoms with Gasteiger partial charge in [-0.25, -0.2) is 0 Å². The van der Waals surface area contributed by atoms with Crippen LogP contribution in [0.25, 0.3) is 0 Å². The second-order valence-corrected chi connectivity index (χ2v) is 7.63. The van der Waals surface area contributed by atoms with Crippen LogP contribution in [0.2, 0.25) is 0 Å². The third-order valence-corrected chi connectivity index (χ3v) is 5.63. The maximum absolute atomic E-state index is 12.0. The second kappa shape index (κ2) is 7.99. The van der Waals surface area contributed by atoms with Gasteiger partial charge < -0.3 is 15.8 Å². The lowest BCUT2D eigenvalue weighted by atomic mass is 10.1. The first kappa shape index (κ1) is 17.3. The Labute approximate surface area is 137 Å². The molecule has 1 fully saturated rings. The van der Waals surface area contributed by atoms with E-state index in [9.17, 15) is 4.79 Å². The topological polar surface area (TPSA) is 64.3 Å². The largest absolute Gasteiger partial charge is 0.383 e.